The highest BCUT2D eigenvalue weighted by Crippen LogP contribution is 2.19. The number of hydrogen-bond acceptors (Lipinski definition) is 6. The van der Waals surface area contributed by atoms with Gasteiger partial charge in [-0.15, -0.1) is 0 Å². The van der Waals surface area contributed by atoms with E-state index in [0.717, 1.165) is 16.9 Å². The zero-order valence-corrected chi connectivity index (χ0v) is 18.3. The van der Waals surface area contributed by atoms with Gasteiger partial charge in [-0.05, 0) is 50.2 Å². The SMILES string of the molecule is CC(=O)Oc1cccc(C(=O)N2CCN(C(=O)c3ccc4nc(C)c(C)nc4c3)CC2)c1. The summed E-state index contributed by atoms with van der Waals surface area (Å²) in [5, 5.41) is 0. The van der Waals surface area contributed by atoms with Gasteiger partial charge >= 0.3 is 5.97 Å². The molecule has 8 nitrogen and oxygen atoms in total. The third-order valence-corrected chi connectivity index (χ3v) is 5.52. The number of aromatic nitrogens is 2. The summed E-state index contributed by atoms with van der Waals surface area (Å²) in [7, 11) is 0. The van der Waals surface area contributed by atoms with Crippen molar-refractivity contribution in [1.29, 1.82) is 0 Å². The molecule has 0 spiro atoms. The number of rotatable bonds is 3. The summed E-state index contributed by atoms with van der Waals surface area (Å²) in [6, 6.07) is 11.9. The van der Waals surface area contributed by atoms with Gasteiger partial charge in [0.2, 0.25) is 0 Å². The van der Waals surface area contributed by atoms with Crippen molar-refractivity contribution < 1.29 is 19.1 Å². The van der Waals surface area contributed by atoms with Crippen LogP contribution in [0.5, 0.6) is 5.75 Å². The van der Waals surface area contributed by atoms with Crippen molar-refractivity contribution >= 4 is 28.8 Å². The lowest BCUT2D eigenvalue weighted by Crippen LogP contribution is -2.50. The first-order valence-electron chi connectivity index (χ1n) is 10.4. The summed E-state index contributed by atoms with van der Waals surface area (Å²) in [6.07, 6.45) is 0. The fourth-order valence-corrected chi connectivity index (χ4v) is 3.70. The molecule has 8 heteroatoms. The summed E-state index contributed by atoms with van der Waals surface area (Å²) >= 11 is 0. The van der Waals surface area contributed by atoms with Crippen LogP contribution in [0.25, 0.3) is 11.0 Å². The normalized spacial score (nSPS) is 13.8. The molecule has 2 heterocycles. The van der Waals surface area contributed by atoms with E-state index in [0.29, 0.717) is 48.6 Å². The Hall–Kier alpha value is -3.81. The third-order valence-electron chi connectivity index (χ3n) is 5.52. The second-order valence-electron chi connectivity index (χ2n) is 7.80. The lowest BCUT2D eigenvalue weighted by Gasteiger charge is -2.35. The van der Waals surface area contributed by atoms with E-state index in [2.05, 4.69) is 9.97 Å². The van der Waals surface area contributed by atoms with Gasteiger partial charge in [0, 0.05) is 44.2 Å². The molecule has 1 aliphatic heterocycles. The maximum Gasteiger partial charge on any atom is 0.308 e. The average Bonchev–Trinajstić information content (AvgIpc) is 2.78. The van der Waals surface area contributed by atoms with Gasteiger partial charge in [-0.3, -0.25) is 14.4 Å². The topological polar surface area (TPSA) is 92.7 Å². The monoisotopic (exact) mass is 432 g/mol. The zero-order valence-electron chi connectivity index (χ0n) is 18.3. The van der Waals surface area contributed by atoms with E-state index in [9.17, 15) is 14.4 Å². The molecule has 2 aromatic carbocycles. The summed E-state index contributed by atoms with van der Waals surface area (Å²) in [6.45, 7) is 6.84. The second-order valence-corrected chi connectivity index (χ2v) is 7.80. The van der Waals surface area contributed by atoms with Crippen LogP contribution < -0.4 is 4.74 Å². The number of carbonyl (C=O) groups excluding carboxylic acids is 3. The Balaban J connectivity index is 1.42. The van der Waals surface area contributed by atoms with Gasteiger partial charge in [-0.1, -0.05) is 6.07 Å². The standard InChI is InChI=1S/C24H24N4O4/c1-15-16(2)26-22-14-19(7-8-21(22)25-15)24(31)28-11-9-27(10-12-28)23(30)18-5-4-6-20(13-18)32-17(3)29/h4-8,13-14H,9-12H2,1-3H3. The number of esters is 1. The molecule has 0 aliphatic carbocycles. The number of hydrogen-bond donors (Lipinski definition) is 0. The molecule has 0 radical (unpaired) electrons. The van der Waals surface area contributed by atoms with Crippen LogP contribution in [0.3, 0.4) is 0 Å². The van der Waals surface area contributed by atoms with E-state index in [1.54, 1.807) is 46.2 Å². The number of amides is 2. The van der Waals surface area contributed by atoms with E-state index in [1.165, 1.54) is 6.92 Å². The van der Waals surface area contributed by atoms with Gasteiger partial charge in [0.25, 0.3) is 11.8 Å². The Bertz CT molecular complexity index is 1220. The molecule has 0 bridgehead atoms. The van der Waals surface area contributed by atoms with E-state index < -0.39 is 5.97 Å². The van der Waals surface area contributed by atoms with E-state index >= 15 is 0 Å². The highest BCUT2D eigenvalue weighted by molar-refractivity contribution is 5.98. The van der Waals surface area contributed by atoms with E-state index in [4.69, 9.17) is 4.74 Å². The largest absolute Gasteiger partial charge is 0.427 e. The number of benzene rings is 2. The van der Waals surface area contributed by atoms with Crippen LogP contribution in [0.4, 0.5) is 0 Å². The van der Waals surface area contributed by atoms with Crippen LogP contribution in [0.2, 0.25) is 0 Å². The first kappa shape index (κ1) is 21.4. The molecular formula is C24H24N4O4. The van der Waals surface area contributed by atoms with Crippen molar-refractivity contribution in [3.63, 3.8) is 0 Å². The van der Waals surface area contributed by atoms with Crippen molar-refractivity contribution in [1.82, 2.24) is 19.8 Å². The van der Waals surface area contributed by atoms with Gasteiger partial charge in [-0.25, -0.2) is 9.97 Å². The fourth-order valence-electron chi connectivity index (χ4n) is 3.70. The number of fused-ring (bicyclic) bond motifs is 1. The van der Waals surface area contributed by atoms with Crippen molar-refractivity contribution in [2.45, 2.75) is 20.8 Å². The number of aryl methyl sites for hydroxylation is 2. The van der Waals surface area contributed by atoms with Crippen LogP contribution >= 0.6 is 0 Å². The number of carbonyl (C=O) groups is 3. The molecule has 1 aromatic heterocycles. The van der Waals surface area contributed by atoms with Crippen molar-refractivity contribution in [2.75, 3.05) is 26.2 Å². The lowest BCUT2D eigenvalue weighted by molar-refractivity contribution is -0.131. The molecule has 3 aromatic rings. The van der Waals surface area contributed by atoms with Gasteiger partial charge in [0.15, 0.2) is 0 Å². The molecule has 0 N–H and O–H groups in total. The van der Waals surface area contributed by atoms with Crippen molar-refractivity contribution in [3.8, 4) is 5.75 Å². The van der Waals surface area contributed by atoms with Crippen LogP contribution in [-0.2, 0) is 4.79 Å². The smallest absolute Gasteiger partial charge is 0.308 e. The second kappa shape index (κ2) is 8.74. The van der Waals surface area contributed by atoms with Gasteiger partial charge in [0.05, 0.1) is 22.4 Å². The van der Waals surface area contributed by atoms with Crippen LogP contribution in [0.15, 0.2) is 42.5 Å². The Labute approximate surface area is 185 Å². The number of ether oxygens (including phenoxy) is 1. The van der Waals surface area contributed by atoms with E-state index in [1.807, 2.05) is 19.9 Å². The van der Waals surface area contributed by atoms with Crippen LogP contribution in [0.1, 0.15) is 39.0 Å². The minimum Gasteiger partial charge on any atom is -0.427 e. The molecule has 0 atom stereocenters. The number of piperazine rings is 1. The molecule has 1 saturated heterocycles. The molecule has 0 unspecified atom stereocenters. The van der Waals surface area contributed by atoms with Crippen molar-refractivity contribution in [2.24, 2.45) is 0 Å². The first-order valence-corrected chi connectivity index (χ1v) is 10.4. The quantitative estimate of drug-likeness (QED) is 0.467. The van der Waals surface area contributed by atoms with Gasteiger partial charge in [0.1, 0.15) is 5.75 Å². The minimum atomic E-state index is -0.438. The molecule has 2 amide bonds. The average molecular weight is 432 g/mol. The molecule has 1 aliphatic rings. The molecular weight excluding hydrogens is 408 g/mol. The van der Waals surface area contributed by atoms with Gasteiger partial charge < -0.3 is 14.5 Å². The Morgan fingerprint density at radius 3 is 1.94 bits per heavy atom. The molecule has 164 valence electrons. The first-order chi connectivity index (χ1) is 15.3. The highest BCUT2D eigenvalue weighted by atomic mass is 16.5. The summed E-state index contributed by atoms with van der Waals surface area (Å²) in [4.78, 5) is 49.5. The van der Waals surface area contributed by atoms with Crippen LogP contribution in [0, 0.1) is 13.8 Å². The van der Waals surface area contributed by atoms with Crippen molar-refractivity contribution in [3.05, 3.63) is 65.0 Å². The zero-order chi connectivity index (χ0) is 22.8. The maximum atomic E-state index is 13.0. The number of nitrogens with zero attached hydrogens (tertiary/aromatic N) is 4. The minimum absolute atomic E-state index is 0.0871. The Morgan fingerprint density at radius 1 is 0.781 bits per heavy atom. The Morgan fingerprint density at radius 2 is 1.34 bits per heavy atom. The highest BCUT2D eigenvalue weighted by Gasteiger charge is 2.26. The summed E-state index contributed by atoms with van der Waals surface area (Å²) in [5.41, 5.74) is 4.17. The summed E-state index contributed by atoms with van der Waals surface area (Å²) in [5.74, 6) is -0.345. The van der Waals surface area contributed by atoms with E-state index in [-0.39, 0.29) is 11.8 Å². The summed E-state index contributed by atoms with van der Waals surface area (Å²) < 4.78 is 5.06. The maximum absolute atomic E-state index is 13.0. The lowest BCUT2D eigenvalue weighted by atomic mass is 10.1. The predicted octanol–water partition coefficient (Wildman–Crippen LogP) is 2.77. The molecule has 4 rings (SSSR count). The predicted molar refractivity (Wildman–Crippen MR) is 119 cm³/mol. The molecule has 32 heavy (non-hydrogen) atoms. The molecule has 1 fully saturated rings. The molecule has 0 saturated carbocycles. The Kier molecular flexibility index (Phi) is 5.85. The van der Waals surface area contributed by atoms with Gasteiger partial charge in [-0.2, -0.15) is 0 Å². The third kappa shape index (κ3) is 4.44. The fraction of sp³-hybridized carbons (Fsp3) is 0.292. The van der Waals surface area contributed by atoms with Crippen LogP contribution in [-0.4, -0.2) is 63.7 Å².